The minimum absolute atomic E-state index is 0.0223. The molecular formula is C12H16N2O. The molecule has 1 aromatic carbocycles. The molecule has 0 aromatic heterocycles. The molecule has 0 unspecified atom stereocenters. The largest absolute Gasteiger partial charge is 0.326 e. The Kier molecular flexibility index (Phi) is 3.02. The summed E-state index contributed by atoms with van der Waals surface area (Å²) >= 11 is 0. The molecule has 0 saturated carbocycles. The van der Waals surface area contributed by atoms with Crippen LogP contribution in [0, 0.1) is 5.92 Å². The van der Waals surface area contributed by atoms with Crippen molar-refractivity contribution in [3.63, 3.8) is 0 Å². The number of carbonyl (C=O) groups is 1. The average molecular weight is 204 g/mol. The van der Waals surface area contributed by atoms with Crippen molar-refractivity contribution in [2.75, 3.05) is 18.4 Å². The van der Waals surface area contributed by atoms with E-state index in [0.717, 1.165) is 31.1 Å². The van der Waals surface area contributed by atoms with Crippen LogP contribution in [0.15, 0.2) is 24.3 Å². The molecule has 2 N–H and O–H groups in total. The highest BCUT2D eigenvalue weighted by molar-refractivity contribution is 5.88. The van der Waals surface area contributed by atoms with Gasteiger partial charge in [-0.2, -0.15) is 0 Å². The standard InChI is InChI=1S/C12H16N2O/c1-9(15)14-12-4-2-10(3-5-12)6-11-7-13-8-11/h2-5,11,13H,6-8H2,1H3,(H,14,15). The highest BCUT2D eigenvalue weighted by Crippen LogP contribution is 2.15. The summed E-state index contributed by atoms with van der Waals surface area (Å²) in [6.45, 7) is 3.79. The molecule has 15 heavy (non-hydrogen) atoms. The van der Waals surface area contributed by atoms with Gasteiger partial charge in [-0.1, -0.05) is 12.1 Å². The molecule has 0 aliphatic carbocycles. The number of carbonyl (C=O) groups excluding carboxylic acids is 1. The molecule has 1 aliphatic rings. The fourth-order valence-corrected chi connectivity index (χ4v) is 1.75. The Balaban J connectivity index is 1.93. The molecule has 1 saturated heterocycles. The minimum Gasteiger partial charge on any atom is -0.326 e. The van der Waals surface area contributed by atoms with Crippen LogP contribution >= 0.6 is 0 Å². The fraction of sp³-hybridized carbons (Fsp3) is 0.417. The summed E-state index contributed by atoms with van der Waals surface area (Å²) in [5.41, 5.74) is 2.22. The van der Waals surface area contributed by atoms with E-state index in [2.05, 4.69) is 22.8 Å². The van der Waals surface area contributed by atoms with Crippen LogP contribution in [0.3, 0.4) is 0 Å². The smallest absolute Gasteiger partial charge is 0.221 e. The van der Waals surface area contributed by atoms with Crippen molar-refractivity contribution in [2.45, 2.75) is 13.3 Å². The molecule has 1 fully saturated rings. The average Bonchev–Trinajstić information content (AvgIpc) is 2.13. The highest BCUT2D eigenvalue weighted by atomic mass is 16.1. The third-order valence-electron chi connectivity index (χ3n) is 2.66. The third kappa shape index (κ3) is 2.80. The molecule has 1 aliphatic heterocycles. The number of rotatable bonds is 3. The first-order valence-electron chi connectivity index (χ1n) is 5.31. The molecule has 0 radical (unpaired) electrons. The van der Waals surface area contributed by atoms with Gasteiger partial charge in [0.15, 0.2) is 0 Å². The van der Waals surface area contributed by atoms with E-state index >= 15 is 0 Å². The Morgan fingerprint density at radius 2 is 2.07 bits per heavy atom. The van der Waals surface area contributed by atoms with Gasteiger partial charge in [0.2, 0.25) is 5.91 Å². The molecule has 0 spiro atoms. The van der Waals surface area contributed by atoms with E-state index in [1.807, 2.05) is 12.1 Å². The summed E-state index contributed by atoms with van der Waals surface area (Å²) in [6, 6.07) is 8.10. The van der Waals surface area contributed by atoms with E-state index in [9.17, 15) is 4.79 Å². The number of hydrogen-bond acceptors (Lipinski definition) is 2. The molecular weight excluding hydrogens is 188 g/mol. The zero-order chi connectivity index (χ0) is 10.7. The normalized spacial score (nSPS) is 15.8. The summed E-state index contributed by atoms with van der Waals surface area (Å²) in [5.74, 6) is 0.766. The maximum absolute atomic E-state index is 10.8. The monoisotopic (exact) mass is 204 g/mol. The van der Waals surface area contributed by atoms with Crippen molar-refractivity contribution >= 4 is 11.6 Å². The van der Waals surface area contributed by atoms with Crippen molar-refractivity contribution in [1.82, 2.24) is 5.32 Å². The van der Waals surface area contributed by atoms with E-state index in [-0.39, 0.29) is 5.91 Å². The Hall–Kier alpha value is -1.35. The second kappa shape index (κ2) is 4.45. The molecule has 0 bridgehead atoms. The second-order valence-electron chi connectivity index (χ2n) is 4.11. The van der Waals surface area contributed by atoms with E-state index in [1.54, 1.807) is 0 Å². The van der Waals surface area contributed by atoms with Gasteiger partial charge in [-0.3, -0.25) is 4.79 Å². The topological polar surface area (TPSA) is 41.1 Å². The lowest BCUT2D eigenvalue weighted by molar-refractivity contribution is -0.114. The first-order valence-corrected chi connectivity index (χ1v) is 5.31. The van der Waals surface area contributed by atoms with Gasteiger partial charge in [0.05, 0.1) is 0 Å². The number of nitrogens with one attached hydrogen (secondary N) is 2. The van der Waals surface area contributed by atoms with Crippen LogP contribution in [-0.2, 0) is 11.2 Å². The Labute approximate surface area is 89.9 Å². The maximum atomic E-state index is 10.8. The fourth-order valence-electron chi connectivity index (χ4n) is 1.75. The van der Waals surface area contributed by atoms with Gasteiger partial charge in [0.1, 0.15) is 0 Å². The molecule has 3 heteroatoms. The molecule has 0 atom stereocenters. The molecule has 1 aromatic rings. The molecule has 3 nitrogen and oxygen atoms in total. The van der Waals surface area contributed by atoms with E-state index in [0.29, 0.717) is 0 Å². The lowest BCUT2D eigenvalue weighted by Crippen LogP contribution is -2.43. The molecule has 1 amide bonds. The van der Waals surface area contributed by atoms with Crippen molar-refractivity contribution < 1.29 is 4.79 Å². The van der Waals surface area contributed by atoms with Crippen LogP contribution in [0.2, 0.25) is 0 Å². The predicted molar refractivity (Wildman–Crippen MR) is 60.8 cm³/mol. The van der Waals surface area contributed by atoms with Gasteiger partial charge in [-0.15, -0.1) is 0 Å². The summed E-state index contributed by atoms with van der Waals surface area (Å²) in [5, 5.41) is 6.02. The quantitative estimate of drug-likeness (QED) is 0.781. The van der Waals surface area contributed by atoms with Crippen molar-refractivity contribution in [3.05, 3.63) is 29.8 Å². The van der Waals surface area contributed by atoms with Crippen LogP contribution in [-0.4, -0.2) is 19.0 Å². The van der Waals surface area contributed by atoms with Gasteiger partial charge in [0.25, 0.3) is 0 Å². The lowest BCUT2D eigenvalue weighted by atomic mass is 9.94. The van der Waals surface area contributed by atoms with Gasteiger partial charge < -0.3 is 10.6 Å². The molecule has 80 valence electrons. The first kappa shape index (κ1) is 10.2. The predicted octanol–water partition coefficient (Wildman–Crippen LogP) is 1.41. The maximum Gasteiger partial charge on any atom is 0.221 e. The number of hydrogen-bond donors (Lipinski definition) is 2. The van der Waals surface area contributed by atoms with Crippen molar-refractivity contribution in [1.29, 1.82) is 0 Å². The van der Waals surface area contributed by atoms with Crippen molar-refractivity contribution in [3.8, 4) is 0 Å². The minimum atomic E-state index is -0.0223. The highest BCUT2D eigenvalue weighted by Gasteiger charge is 2.16. The zero-order valence-corrected chi connectivity index (χ0v) is 8.92. The SMILES string of the molecule is CC(=O)Nc1ccc(CC2CNC2)cc1. The summed E-state index contributed by atoms with van der Waals surface area (Å²) < 4.78 is 0. The van der Waals surface area contributed by atoms with E-state index in [1.165, 1.54) is 12.5 Å². The van der Waals surface area contributed by atoms with Gasteiger partial charge >= 0.3 is 0 Å². The Morgan fingerprint density at radius 3 is 2.53 bits per heavy atom. The Bertz CT molecular complexity index is 341. The number of amides is 1. The number of benzene rings is 1. The third-order valence-corrected chi connectivity index (χ3v) is 2.66. The molecule has 2 rings (SSSR count). The molecule has 1 heterocycles. The van der Waals surface area contributed by atoms with Crippen LogP contribution in [0.5, 0.6) is 0 Å². The van der Waals surface area contributed by atoms with Gasteiger partial charge in [-0.25, -0.2) is 0 Å². The summed E-state index contributed by atoms with van der Waals surface area (Å²) in [6.07, 6.45) is 1.13. The lowest BCUT2D eigenvalue weighted by Gasteiger charge is -2.27. The number of anilines is 1. The van der Waals surface area contributed by atoms with E-state index in [4.69, 9.17) is 0 Å². The van der Waals surface area contributed by atoms with Crippen molar-refractivity contribution in [2.24, 2.45) is 5.92 Å². The first-order chi connectivity index (χ1) is 7.24. The summed E-state index contributed by atoms with van der Waals surface area (Å²) in [4.78, 5) is 10.8. The van der Waals surface area contributed by atoms with Crippen LogP contribution in [0.4, 0.5) is 5.69 Å². The van der Waals surface area contributed by atoms with Crippen LogP contribution in [0.1, 0.15) is 12.5 Å². The van der Waals surface area contributed by atoms with Crippen LogP contribution in [0.25, 0.3) is 0 Å². The van der Waals surface area contributed by atoms with Gasteiger partial charge in [-0.05, 0) is 43.1 Å². The van der Waals surface area contributed by atoms with Crippen LogP contribution < -0.4 is 10.6 Å². The Morgan fingerprint density at radius 1 is 1.40 bits per heavy atom. The van der Waals surface area contributed by atoms with E-state index < -0.39 is 0 Å². The summed E-state index contributed by atoms with van der Waals surface area (Å²) in [7, 11) is 0. The second-order valence-corrected chi connectivity index (χ2v) is 4.11. The van der Waals surface area contributed by atoms with Gasteiger partial charge in [0, 0.05) is 12.6 Å². The zero-order valence-electron chi connectivity index (χ0n) is 8.92.